The highest BCUT2D eigenvalue weighted by molar-refractivity contribution is 7.90. The normalized spacial score (nSPS) is 11.8. The van der Waals surface area contributed by atoms with E-state index in [1.807, 2.05) is 31.2 Å². The Kier molecular flexibility index (Phi) is 5.10. The lowest BCUT2D eigenvalue weighted by atomic mass is 10.2. The zero-order valence-electron chi connectivity index (χ0n) is 16.2. The zero-order valence-corrected chi connectivity index (χ0v) is 17.0. The van der Waals surface area contributed by atoms with Gasteiger partial charge in [-0.15, -0.1) is 0 Å². The Hall–Kier alpha value is -3.13. The highest BCUT2D eigenvalue weighted by atomic mass is 32.2. The number of aryl methyl sites for hydroxylation is 1. The Morgan fingerprint density at radius 3 is 2.69 bits per heavy atom. The molecule has 29 heavy (non-hydrogen) atoms. The second-order valence-electron chi connectivity index (χ2n) is 6.99. The maximum absolute atomic E-state index is 11.2. The Morgan fingerprint density at radius 1 is 1.03 bits per heavy atom. The molecule has 4 aromatic rings. The van der Waals surface area contributed by atoms with Crippen LogP contribution in [-0.2, 0) is 9.84 Å². The van der Waals surface area contributed by atoms with Crippen molar-refractivity contribution in [2.24, 2.45) is 0 Å². The van der Waals surface area contributed by atoms with Gasteiger partial charge in [0, 0.05) is 28.9 Å². The van der Waals surface area contributed by atoms with Gasteiger partial charge in [0.15, 0.2) is 0 Å². The van der Waals surface area contributed by atoms with E-state index >= 15 is 0 Å². The van der Waals surface area contributed by atoms with Crippen molar-refractivity contribution in [3.63, 3.8) is 0 Å². The molecular formula is C21H21N3O4S. The molecule has 0 spiro atoms. The lowest BCUT2D eigenvalue weighted by Gasteiger charge is -2.10. The Bertz CT molecular complexity index is 1280. The van der Waals surface area contributed by atoms with Crippen molar-refractivity contribution in [1.29, 1.82) is 0 Å². The van der Waals surface area contributed by atoms with Crippen LogP contribution in [0.2, 0.25) is 0 Å². The van der Waals surface area contributed by atoms with E-state index in [1.54, 1.807) is 12.1 Å². The minimum absolute atomic E-state index is 0.103. The molecule has 0 aliphatic carbocycles. The highest BCUT2D eigenvalue weighted by Gasteiger charge is 2.09. The summed E-state index contributed by atoms with van der Waals surface area (Å²) >= 11 is 0. The molecule has 0 aliphatic heterocycles. The molecule has 2 aromatic heterocycles. The van der Waals surface area contributed by atoms with E-state index in [2.05, 4.69) is 21.0 Å². The first-order valence-electron chi connectivity index (χ1n) is 9.20. The maximum atomic E-state index is 11.2. The summed E-state index contributed by atoms with van der Waals surface area (Å²) in [6.45, 7) is 2.34. The fourth-order valence-corrected chi connectivity index (χ4v) is 3.77. The number of hydrogen-bond donors (Lipinski definition) is 1. The minimum atomic E-state index is -2.98. The molecule has 0 saturated heterocycles. The molecule has 0 amide bonds. The molecule has 0 fully saturated rings. The number of sulfone groups is 1. The first-order chi connectivity index (χ1) is 13.9. The Labute approximate surface area is 168 Å². The van der Waals surface area contributed by atoms with Crippen molar-refractivity contribution in [3.8, 4) is 17.4 Å². The van der Waals surface area contributed by atoms with E-state index in [1.165, 1.54) is 12.6 Å². The third kappa shape index (κ3) is 4.65. The molecule has 2 aromatic carbocycles. The first-order valence-corrected chi connectivity index (χ1v) is 11.3. The van der Waals surface area contributed by atoms with E-state index in [9.17, 15) is 8.42 Å². The molecule has 0 atom stereocenters. The van der Waals surface area contributed by atoms with Gasteiger partial charge in [0.2, 0.25) is 5.88 Å². The number of nitrogens with one attached hydrogen (secondary N) is 1. The molecule has 4 rings (SSSR count). The molecule has 8 heteroatoms. The van der Waals surface area contributed by atoms with Crippen molar-refractivity contribution in [1.82, 2.24) is 15.0 Å². The number of aromatic nitrogens is 3. The lowest BCUT2D eigenvalue weighted by molar-refractivity contribution is 0.318. The van der Waals surface area contributed by atoms with Crippen LogP contribution in [-0.4, -0.2) is 42.0 Å². The second kappa shape index (κ2) is 7.71. The van der Waals surface area contributed by atoms with E-state index in [4.69, 9.17) is 9.47 Å². The first kappa shape index (κ1) is 19.2. The average molecular weight is 411 g/mol. The third-order valence-corrected chi connectivity index (χ3v) is 5.47. The summed E-state index contributed by atoms with van der Waals surface area (Å²) in [4.78, 5) is 11.8. The average Bonchev–Trinajstić information content (AvgIpc) is 3.04. The topological polar surface area (TPSA) is 94.2 Å². The van der Waals surface area contributed by atoms with Gasteiger partial charge in [-0.1, -0.05) is 0 Å². The van der Waals surface area contributed by atoms with Gasteiger partial charge in [0.05, 0.1) is 23.3 Å². The highest BCUT2D eigenvalue weighted by Crippen LogP contribution is 2.30. The molecule has 0 radical (unpaired) electrons. The van der Waals surface area contributed by atoms with Gasteiger partial charge in [-0.05, 0) is 49.7 Å². The molecule has 1 N–H and O–H groups in total. The number of nitrogens with zero attached hydrogens (tertiary/aromatic N) is 2. The fourth-order valence-electron chi connectivity index (χ4n) is 3.13. The van der Waals surface area contributed by atoms with Crippen LogP contribution in [0.4, 0.5) is 0 Å². The van der Waals surface area contributed by atoms with E-state index < -0.39 is 9.84 Å². The van der Waals surface area contributed by atoms with Crippen molar-refractivity contribution < 1.29 is 17.9 Å². The number of fused-ring (bicyclic) bond motifs is 2. The molecule has 0 bridgehead atoms. The van der Waals surface area contributed by atoms with Crippen LogP contribution in [0.15, 0.2) is 48.8 Å². The number of hydrogen-bond acceptors (Lipinski definition) is 6. The predicted molar refractivity (Wildman–Crippen MR) is 112 cm³/mol. The van der Waals surface area contributed by atoms with Crippen LogP contribution < -0.4 is 9.47 Å². The quantitative estimate of drug-likeness (QED) is 0.462. The van der Waals surface area contributed by atoms with Crippen LogP contribution in [0.3, 0.4) is 0 Å². The molecule has 150 valence electrons. The standard InChI is InChI=1S/C21H21N3O4S/c1-14-10-15-11-17(5-7-19(15)24-14)28-21-18-6-4-16(12-20(18)22-13-23-21)27-8-3-9-29(2,25)26/h4-7,10-13,24H,3,8-9H2,1-2H3. The summed E-state index contributed by atoms with van der Waals surface area (Å²) in [6.07, 6.45) is 3.11. The monoisotopic (exact) mass is 411 g/mol. The van der Waals surface area contributed by atoms with E-state index in [0.29, 0.717) is 35.9 Å². The van der Waals surface area contributed by atoms with Crippen LogP contribution >= 0.6 is 0 Å². The lowest BCUT2D eigenvalue weighted by Crippen LogP contribution is -2.08. The Morgan fingerprint density at radius 2 is 1.86 bits per heavy atom. The summed E-state index contributed by atoms with van der Waals surface area (Å²) in [6, 6.07) is 13.3. The molecule has 2 heterocycles. The summed E-state index contributed by atoms with van der Waals surface area (Å²) in [5.41, 5.74) is 2.84. The number of rotatable bonds is 7. The van der Waals surface area contributed by atoms with Gasteiger partial charge in [-0.3, -0.25) is 0 Å². The SMILES string of the molecule is Cc1cc2cc(Oc3ncnc4cc(OCCCS(C)(=O)=O)ccc34)ccc2[nH]1. The minimum Gasteiger partial charge on any atom is -0.493 e. The number of ether oxygens (including phenoxy) is 2. The summed E-state index contributed by atoms with van der Waals surface area (Å²) in [5, 5.41) is 1.84. The third-order valence-electron chi connectivity index (χ3n) is 4.44. The molecule has 7 nitrogen and oxygen atoms in total. The van der Waals surface area contributed by atoms with Crippen molar-refractivity contribution in [3.05, 3.63) is 54.5 Å². The Balaban J connectivity index is 1.52. The largest absolute Gasteiger partial charge is 0.493 e. The number of H-pyrrole nitrogens is 1. The summed E-state index contributed by atoms with van der Waals surface area (Å²) < 4.78 is 34.0. The van der Waals surface area contributed by atoms with Crippen LogP contribution in [0.5, 0.6) is 17.4 Å². The van der Waals surface area contributed by atoms with Gasteiger partial charge >= 0.3 is 0 Å². The number of aromatic amines is 1. The molecular weight excluding hydrogens is 390 g/mol. The van der Waals surface area contributed by atoms with Gasteiger partial charge in [0.25, 0.3) is 0 Å². The van der Waals surface area contributed by atoms with Gasteiger partial charge in [0.1, 0.15) is 27.7 Å². The van der Waals surface area contributed by atoms with E-state index in [-0.39, 0.29) is 5.75 Å². The summed E-state index contributed by atoms with van der Waals surface area (Å²) in [5.74, 6) is 1.88. The van der Waals surface area contributed by atoms with Gasteiger partial charge < -0.3 is 14.5 Å². The molecule has 0 unspecified atom stereocenters. The van der Waals surface area contributed by atoms with Gasteiger partial charge in [-0.2, -0.15) is 0 Å². The maximum Gasteiger partial charge on any atom is 0.230 e. The van der Waals surface area contributed by atoms with Crippen molar-refractivity contribution in [2.75, 3.05) is 18.6 Å². The van der Waals surface area contributed by atoms with Crippen LogP contribution in [0.1, 0.15) is 12.1 Å². The smallest absolute Gasteiger partial charge is 0.230 e. The van der Waals surface area contributed by atoms with Crippen LogP contribution in [0.25, 0.3) is 21.8 Å². The molecule has 0 aliphatic rings. The van der Waals surface area contributed by atoms with Crippen molar-refractivity contribution >= 4 is 31.6 Å². The second-order valence-corrected chi connectivity index (χ2v) is 9.25. The fraction of sp³-hybridized carbons (Fsp3) is 0.238. The summed E-state index contributed by atoms with van der Waals surface area (Å²) in [7, 11) is -2.98. The predicted octanol–water partition coefficient (Wildman–Crippen LogP) is 4.03. The number of benzene rings is 2. The van der Waals surface area contributed by atoms with Crippen LogP contribution in [0, 0.1) is 6.92 Å². The van der Waals surface area contributed by atoms with Gasteiger partial charge in [-0.25, -0.2) is 18.4 Å². The van der Waals surface area contributed by atoms with E-state index in [0.717, 1.165) is 22.0 Å². The molecule has 0 saturated carbocycles. The zero-order chi connectivity index (χ0) is 20.4. The van der Waals surface area contributed by atoms with Crippen molar-refractivity contribution in [2.45, 2.75) is 13.3 Å².